The Balaban J connectivity index is 2.01. The van der Waals surface area contributed by atoms with Gasteiger partial charge in [0.2, 0.25) is 0 Å². The minimum Gasteiger partial charge on any atom is -0.367 e. The van der Waals surface area contributed by atoms with Gasteiger partial charge in [-0.05, 0) is 47.0 Å². The monoisotopic (exact) mass is 263 g/mol. The average molecular weight is 263 g/mol. The number of hydrogen-bond acceptors (Lipinski definition) is 4. The molecule has 1 atom stereocenters. The molecule has 0 radical (unpaired) electrons. The zero-order valence-electron chi connectivity index (χ0n) is 12.5. The molecule has 0 bridgehead atoms. The molecule has 4 heteroatoms. The predicted octanol–water partition coefficient (Wildman–Crippen LogP) is 2.78. The van der Waals surface area contributed by atoms with Gasteiger partial charge in [0.1, 0.15) is 5.60 Å². The lowest BCUT2D eigenvalue weighted by molar-refractivity contribution is -0.0760. The molecule has 0 aromatic carbocycles. The lowest BCUT2D eigenvalue weighted by Crippen LogP contribution is -2.35. The molecule has 2 rings (SSSR count). The normalized spacial score (nSPS) is 24.4. The Kier molecular flexibility index (Phi) is 4.21. The number of ether oxygens (including phenoxy) is 1. The summed E-state index contributed by atoms with van der Waals surface area (Å²) in [6.45, 7) is 10.2. The van der Waals surface area contributed by atoms with Crippen LogP contribution in [0.2, 0.25) is 0 Å². The first-order chi connectivity index (χ1) is 8.89. The molecule has 1 N–H and O–H groups in total. The van der Waals surface area contributed by atoms with Gasteiger partial charge in [0, 0.05) is 36.6 Å². The third-order valence-corrected chi connectivity index (χ3v) is 3.47. The standard InChI is InChI=1S/C15H25N3O/c1-14(2,3)18-11-12-9-16-13(17-10-12)15(4)7-5-6-8-19-15/h9-10,18H,5-8,11H2,1-4H3. The molecule has 1 aliphatic rings. The molecule has 0 spiro atoms. The summed E-state index contributed by atoms with van der Waals surface area (Å²) in [4.78, 5) is 9.00. The first-order valence-electron chi connectivity index (χ1n) is 7.09. The van der Waals surface area contributed by atoms with E-state index >= 15 is 0 Å². The number of aromatic nitrogens is 2. The number of hydrogen-bond donors (Lipinski definition) is 1. The molecule has 1 fully saturated rings. The maximum Gasteiger partial charge on any atom is 0.159 e. The Bertz CT molecular complexity index is 402. The van der Waals surface area contributed by atoms with Crippen LogP contribution in [0.15, 0.2) is 12.4 Å². The summed E-state index contributed by atoms with van der Waals surface area (Å²) in [5, 5.41) is 3.44. The van der Waals surface area contributed by atoms with Crippen molar-refractivity contribution in [2.24, 2.45) is 0 Å². The second-order valence-electron chi connectivity index (χ2n) is 6.55. The molecule has 19 heavy (non-hydrogen) atoms. The van der Waals surface area contributed by atoms with Crippen LogP contribution in [-0.2, 0) is 16.9 Å². The molecule has 2 heterocycles. The molecule has 1 unspecified atom stereocenters. The summed E-state index contributed by atoms with van der Waals surface area (Å²) in [5.74, 6) is 0.812. The van der Waals surface area contributed by atoms with Crippen LogP contribution in [0, 0.1) is 0 Å². The second-order valence-corrected chi connectivity index (χ2v) is 6.55. The predicted molar refractivity (Wildman–Crippen MR) is 75.8 cm³/mol. The molecule has 1 aromatic heterocycles. The highest BCUT2D eigenvalue weighted by Crippen LogP contribution is 2.32. The molecule has 1 saturated heterocycles. The van der Waals surface area contributed by atoms with Crippen LogP contribution in [0.3, 0.4) is 0 Å². The van der Waals surface area contributed by atoms with E-state index in [1.165, 1.54) is 6.42 Å². The van der Waals surface area contributed by atoms with Crippen molar-refractivity contribution in [2.75, 3.05) is 6.61 Å². The minimum absolute atomic E-state index is 0.108. The van der Waals surface area contributed by atoms with Crippen molar-refractivity contribution < 1.29 is 4.74 Å². The van der Waals surface area contributed by atoms with Crippen LogP contribution in [-0.4, -0.2) is 22.1 Å². The molecular formula is C15H25N3O. The summed E-state index contributed by atoms with van der Waals surface area (Å²) >= 11 is 0. The highest BCUT2D eigenvalue weighted by Gasteiger charge is 2.32. The van der Waals surface area contributed by atoms with Crippen LogP contribution in [0.4, 0.5) is 0 Å². The maximum absolute atomic E-state index is 5.86. The Morgan fingerprint density at radius 3 is 2.47 bits per heavy atom. The van der Waals surface area contributed by atoms with Gasteiger partial charge in [-0.15, -0.1) is 0 Å². The maximum atomic E-state index is 5.86. The molecule has 0 saturated carbocycles. The summed E-state index contributed by atoms with van der Waals surface area (Å²) in [7, 11) is 0. The van der Waals surface area contributed by atoms with Gasteiger partial charge in [0.05, 0.1) is 0 Å². The van der Waals surface area contributed by atoms with Crippen molar-refractivity contribution in [3.63, 3.8) is 0 Å². The Morgan fingerprint density at radius 2 is 1.95 bits per heavy atom. The smallest absolute Gasteiger partial charge is 0.159 e. The largest absolute Gasteiger partial charge is 0.367 e. The van der Waals surface area contributed by atoms with E-state index in [4.69, 9.17) is 4.74 Å². The summed E-state index contributed by atoms with van der Waals surface area (Å²) < 4.78 is 5.86. The fraction of sp³-hybridized carbons (Fsp3) is 0.733. The van der Waals surface area contributed by atoms with Crippen LogP contribution >= 0.6 is 0 Å². The van der Waals surface area contributed by atoms with Gasteiger partial charge < -0.3 is 10.1 Å². The number of rotatable bonds is 3. The van der Waals surface area contributed by atoms with E-state index in [0.717, 1.165) is 37.4 Å². The van der Waals surface area contributed by atoms with Crippen molar-refractivity contribution in [1.29, 1.82) is 0 Å². The van der Waals surface area contributed by atoms with Crippen molar-refractivity contribution >= 4 is 0 Å². The van der Waals surface area contributed by atoms with E-state index in [2.05, 4.69) is 43.0 Å². The highest BCUT2D eigenvalue weighted by molar-refractivity contribution is 5.09. The van der Waals surface area contributed by atoms with Gasteiger partial charge in [-0.3, -0.25) is 0 Å². The molecule has 1 aliphatic heterocycles. The number of nitrogens with one attached hydrogen (secondary N) is 1. The minimum atomic E-state index is -0.297. The van der Waals surface area contributed by atoms with Crippen LogP contribution in [0.5, 0.6) is 0 Å². The molecule has 1 aromatic rings. The quantitative estimate of drug-likeness (QED) is 0.911. The number of nitrogens with zero attached hydrogens (tertiary/aromatic N) is 2. The first-order valence-corrected chi connectivity index (χ1v) is 7.09. The van der Waals surface area contributed by atoms with Gasteiger partial charge in [0.15, 0.2) is 5.82 Å². The van der Waals surface area contributed by atoms with E-state index in [-0.39, 0.29) is 11.1 Å². The summed E-state index contributed by atoms with van der Waals surface area (Å²) in [5.41, 5.74) is 0.920. The van der Waals surface area contributed by atoms with E-state index in [1.807, 2.05) is 12.4 Å². The van der Waals surface area contributed by atoms with Crippen molar-refractivity contribution in [3.05, 3.63) is 23.8 Å². The molecular weight excluding hydrogens is 238 g/mol. The molecule has 106 valence electrons. The first kappa shape index (κ1) is 14.4. The van der Waals surface area contributed by atoms with Gasteiger partial charge in [0.25, 0.3) is 0 Å². The topological polar surface area (TPSA) is 47.0 Å². The third-order valence-electron chi connectivity index (χ3n) is 3.47. The summed E-state index contributed by atoms with van der Waals surface area (Å²) in [6, 6.07) is 0. The highest BCUT2D eigenvalue weighted by atomic mass is 16.5. The lowest BCUT2D eigenvalue weighted by atomic mass is 9.95. The van der Waals surface area contributed by atoms with Crippen LogP contribution in [0.25, 0.3) is 0 Å². The molecule has 0 amide bonds. The van der Waals surface area contributed by atoms with Gasteiger partial charge >= 0.3 is 0 Å². The van der Waals surface area contributed by atoms with Crippen LogP contribution in [0.1, 0.15) is 58.3 Å². The van der Waals surface area contributed by atoms with Crippen molar-refractivity contribution in [2.45, 2.75) is 64.6 Å². The zero-order valence-corrected chi connectivity index (χ0v) is 12.5. The van der Waals surface area contributed by atoms with E-state index in [9.17, 15) is 0 Å². The molecule has 0 aliphatic carbocycles. The Labute approximate surface area is 116 Å². The SMILES string of the molecule is CC(C)(C)NCc1cnc(C2(C)CCCCO2)nc1. The second kappa shape index (κ2) is 5.55. The Hall–Kier alpha value is -1.00. The van der Waals surface area contributed by atoms with Crippen LogP contribution < -0.4 is 5.32 Å². The van der Waals surface area contributed by atoms with Gasteiger partial charge in [-0.25, -0.2) is 9.97 Å². The molecule has 4 nitrogen and oxygen atoms in total. The van der Waals surface area contributed by atoms with E-state index in [0.29, 0.717) is 0 Å². The van der Waals surface area contributed by atoms with Gasteiger partial charge in [-0.2, -0.15) is 0 Å². The van der Waals surface area contributed by atoms with Crippen molar-refractivity contribution in [1.82, 2.24) is 15.3 Å². The third kappa shape index (κ3) is 3.98. The Morgan fingerprint density at radius 1 is 1.26 bits per heavy atom. The van der Waals surface area contributed by atoms with E-state index < -0.39 is 0 Å². The fourth-order valence-corrected chi connectivity index (χ4v) is 2.20. The van der Waals surface area contributed by atoms with E-state index in [1.54, 1.807) is 0 Å². The lowest BCUT2D eigenvalue weighted by Gasteiger charge is -2.32. The fourth-order valence-electron chi connectivity index (χ4n) is 2.20. The van der Waals surface area contributed by atoms with Gasteiger partial charge in [-0.1, -0.05) is 0 Å². The van der Waals surface area contributed by atoms with Crippen molar-refractivity contribution in [3.8, 4) is 0 Å². The average Bonchev–Trinajstić information content (AvgIpc) is 2.37. The zero-order chi connectivity index (χ0) is 13.9. The summed E-state index contributed by atoms with van der Waals surface area (Å²) in [6.07, 6.45) is 7.15.